The summed E-state index contributed by atoms with van der Waals surface area (Å²) in [6, 6.07) is 6.95. The molecule has 2 aromatic rings. The molecule has 0 aliphatic carbocycles. The average molecular weight is 306 g/mol. The summed E-state index contributed by atoms with van der Waals surface area (Å²) in [5.41, 5.74) is 6.58. The summed E-state index contributed by atoms with van der Waals surface area (Å²) in [5.74, 6) is -2.06. The van der Waals surface area contributed by atoms with E-state index in [0.717, 1.165) is 12.1 Å². The fourth-order valence-electron chi connectivity index (χ4n) is 2.27. The Balaban J connectivity index is 1.89. The van der Waals surface area contributed by atoms with E-state index in [1.54, 1.807) is 6.07 Å². The maximum absolute atomic E-state index is 13.2. The molecule has 3 N–H and O–H groups in total. The molecule has 0 radical (unpaired) electrons. The van der Waals surface area contributed by atoms with Crippen molar-refractivity contribution in [1.82, 2.24) is 0 Å². The summed E-state index contributed by atoms with van der Waals surface area (Å²) in [7, 11) is 0. The van der Waals surface area contributed by atoms with Crippen molar-refractivity contribution >= 4 is 11.6 Å². The lowest BCUT2D eigenvalue weighted by molar-refractivity contribution is -0.125. The number of halogens is 2. The van der Waals surface area contributed by atoms with Crippen LogP contribution in [0.2, 0.25) is 0 Å². The van der Waals surface area contributed by atoms with Crippen LogP contribution >= 0.6 is 0 Å². The molecule has 1 amide bonds. The van der Waals surface area contributed by atoms with E-state index < -0.39 is 23.6 Å². The highest BCUT2D eigenvalue weighted by atomic mass is 19.2. The molecular formula is C15H12F2N2O3. The first-order valence-electron chi connectivity index (χ1n) is 6.50. The van der Waals surface area contributed by atoms with Gasteiger partial charge in [-0.25, -0.2) is 8.78 Å². The molecule has 7 heteroatoms. The Morgan fingerprint density at radius 2 is 1.82 bits per heavy atom. The molecule has 1 aliphatic rings. The van der Waals surface area contributed by atoms with Gasteiger partial charge < -0.3 is 10.5 Å². The zero-order valence-electron chi connectivity index (χ0n) is 11.3. The van der Waals surface area contributed by atoms with Crippen molar-refractivity contribution < 1.29 is 23.5 Å². The summed E-state index contributed by atoms with van der Waals surface area (Å²) in [6.45, 7) is 0. The number of hydroxylamine groups is 1. The van der Waals surface area contributed by atoms with Crippen LogP contribution in [0.25, 0.3) is 0 Å². The minimum absolute atomic E-state index is 0.135. The molecule has 2 aromatic carbocycles. The van der Waals surface area contributed by atoms with Crippen molar-refractivity contribution in [2.45, 2.75) is 12.5 Å². The van der Waals surface area contributed by atoms with Crippen LogP contribution in [0, 0.1) is 11.6 Å². The number of hydrogen-bond donors (Lipinski definition) is 2. The van der Waals surface area contributed by atoms with Crippen LogP contribution in [-0.4, -0.2) is 17.2 Å². The first-order valence-corrected chi connectivity index (χ1v) is 6.50. The van der Waals surface area contributed by atoms with Crippen LogP contribution in [0.3, 0.4) is 0 Å². The van der Waals surface area contributed by atoms with Gasteiger partial charge in [0.25, 0.3) is 5.91 Å². The van der Waals surface area contributed by atoms with Gasteiger partial charge in [0.15, 0.2) is 11.6 Å². The number of rotatable bonds is 2. The molecule has 3 rings (SSSR count). The van der Waals surface area contributed by atoms with Gasteiger partial charge in [0.05, 0.1) is 11.7 Å². The molecule has 1 atom stereocenters. The van der Waals surface area contributed by atoms with Crippen molar-refractivity contribution in [3.8, 4) is 11.5 Å². The van der Waals surface area contributed by atoms with Crippen molar-refractivity contribution in [2.24, 2.45) is 5.73 Å². The van der Waals surface area contributed by atoms with Crippen molar-refractivity contribution in [3.05, 3.63) is 53.6 Å². The number of ether oxygens (including phenoxy) is 1. The molecule has 1 heterocycles. The van der Waals surface area contributed by atoms with Gasteiger partial charge in [-0.05, 0) is 42.3 Å². The second kappa shape index (κ2) is 5.36. The topological polar surface area (TPSA) is 75.8 Å². The highest BCUT2D eigenvalue weighted by Crippen LogP contribution is 2.32. The fraction of sp³-hybridized carbons (Fsp3) is 0.133. The number of nitrogens with two attached hydrogens (primary N) is 1. The van der Waals surface area contributed by atoms with Gasteiger partial charge >= 0.3 is 0 Å². The van der Waals surface area contributed by atoms with Crippen LogP contribution in [0.15, 0.2) is 36.4 Å². The van der Waals surface area contributed by atoms with Gasteiger partial charge in [-0.15, -0.1) is 0 Å². The molecule has 0 saturated heterocycles. The van der Waals surface area contributed by atoms with Crippen LogP contribution < -0.4 is 15.5 Å². The third-order valence-corrected chi connectivity index (χ3v) is 3.37. The van der Waals surface area contributed by atoms with Crippen LogP contribution in [0.1, 0.15) is 5.56 Å². The lowest BCUT2D eigenvalue weighted by atomic mass is 9.99. The number of carbonyl (C=O) groups is 1. The fourth-order valence-corrected chi connectivity index (χ4v) is 2.27. The number of anilines is 1. The van der Waals surface area contributed by atoms with Crippen molar-refractivity contribution in [2.75, 3.05) is 5.06 Å². The Hall–Kier alpha value is -2.51. The molecule has 5 nitrogen and oxygen atoms in total. The van der Waals surface area contributed by atoms with Gasteiger partial charge in [0, 0.05) is 6.07 Å². The molecule has 0 aromatic heterocycles. The molecule has 0 unspecified atom stereocenters. The monoisotopic (exact) mass is 306 g/mol. The van der Waals surface area contributed by atoms with E-state index >= 15 is 0 Å². The van der Waals surface area contributed by atoms with E-state index in [1.165, 1.54) is 18.2 Å². The predicted molar refractivity (Wildman–Crippen MR) is 73.8 cm³/mol. The minimum atomic E-state index is -1.01. The Morgan fingerprint density at radius 3 is 2.55 bits per heavy atom. The molecule has 0 bridgehead atoms. The summed E-state index contributed by atoms with van der Waals surface area (Å²) in [4.78, 5) is 11.6. The summed E-state index contributed by atoms with van der Waals surface area (Å²) in [6.07, 6.45) is 0.250. The highest BCUT2D eigenvalue weighted by Gasteiger charge is 2.29. The van der Waals surface area contributed by atoms with Gasteiger partial charge in [-0.2, -0.15) is 5.06 Å². The summed E-state index contributed by atoms with van der Waals surface area (Å²) < 4.78 is 31.5. The molecule has 114 valence electrons. The van der Waals surface area contributed by atoms with Gasteiger partial charge in [-0.1, -0.05) is 0 Å². The minimum Gasteiger partial charge on any atom is -0.457 e. The lowest BCUT2D eigenvalue weighted by Gasteiger charge is -2.27. The Morgan fingerprint density at radius 1 is 1.14 bits per heavy atom. The van der Waals surface area contributed by atoms with E-state index in [2.05, 4.69) is 0 Å². The van der Waals surface area contributed by atoms with E-state index in [1.807, 2.05) is 0 Å². The van der Waals surface area contributed by atoms with E-state index in [4.69, 9.17) is 10.5 Å². The van der Waals surface area contributed by atoms with Crippen LogP contribution in [0.5, 0.6) is 11.5 Å². The van der Waals surface area contributed by atoms with Gasteiger partial charge in [0.1, 0.15) is 11.5 Å². The largest absolute Gasteiger partial charge is 0.457 e. The van der Waals surface area contributed by atoms with E-state index in [-0.39, 0.29) is 12.2 Å². The summed E-state index contributed by atoms with van der Waals surface area (Å²) in [5, 5.41) is 10.2. The van der Waals surface area contributed by atoms with E-state index in [9.17, 15) is 18.8 Å². The van der Waals surface area contributed by atoms with E-state index in [0.29, 0.717) is 22.1 Å². The third kappa shape index (κ3) is 2.51. The number of fused-ring (bicyclic) bond motifs is 1. The SMILES string of the molecule is N[C@H]1Cc2cc(Oc3ccc(F)c(F)c3)ccc2N(O)C1=O. The number of carbonyl (C=O) groups excluding carboxylic acids is 1. The van der Waals surface area contributed by atoms with Gasteiger partial charge in [-0.3, -0.25) is 10.0 Å². The quantitative estimate of drug-likeness (QED) is 0.835. The summed E-state index contributed by atoms with van der Waals surface area (Å²) >= 11 is 0. The predicted octanol–water partition coefficient (Wildman–Crippen LogP) is 2.36. The molecule has 0 fully saturated rings. The maximum Gasteiger partial charge on any atom is 0.267 e. The average Bonchev–Trinajstić information content (AvgIpc) is 2.49. The van der Waals surface area contributed by atoms with Crippen LogP contribution in [0.4, 0.5) is 14.5 Å². The maximum atomic E-state index is 13.2. The second-order valence-corrected chi connectivity index (χ2v) is 4.93. The number of amides is 1. The molecular weight excluding hydrogens is 294 g/mol. The first-order chi connectivity index (χ1) is 10.5. The van der Waals surface area contributed by atoms with Gasteiger partial charge in [0.2, 0.25) is 0 Å². The van der Waals surface area contributed by atoms with Crippen molar-refractivity contribution in [1.29, 1.82) is 0 Å². The van der Waals surface area contributed by atoms with Crippen molar-refractivity contribution in [3.63, 3.8) is 0 Å². The molecule has 0 saturated carbocycles. The molecule has 0 spiro atoms. The molecule has 22 heavy (non-hydrogen) atoms. The Kier molecular flexibility index (Phi) is 3.51. The first kappa shape index (κ1) is 14.4. The Labute approximate surface area is 124 Å². The lowest BCUT2D eigenvalue weighted by Crippen LogP contribution is -2.47. The number of hydrogen-bond acceptors (Lipinski definition) is 4. The second-order valence-electron chi connectivity index (χ2n) is 4.93. The zero-order valence-corrected chi connectivity index (χ0v) is 11.3. The zero-order chi connectivity index (χ0) is 15.9. The number of benzene rings is 2. The smallest absolute Gasteiger partial charge is 0.267 e. The Bertz CT molecular complexity index is 752. The highest BCUT2D eigenvalue weighted by molar-refractivity contribution is 5.98. The van der Waals surface area contributed by atoms with Crippen LogP contribution in [-0.2, 0) is 11.2 Å². The standard InChI is InChI=1S/C15H12F2N2O3/c16-11-3-1-10(7-12(11)17)22-9-2-4-14-8(5-9)6-13(18)15(20)19(14)21/h1-5,7,13,21H,6,18H2/t13-/m0/s1. The molecule has 1 aliphatic heterocycles. The third-order valence-electron chi connectivity index (χ3n) is 3.37. The number of nitrogens with zero attached hydrogens (tertiary/aromatic N) is 1. The normalized spacial score (nSPS) is 17.4.